The number of morpholine rings is 1. The second kappa shape index (κ2) is 7.96. The van der Waals surface area contributed by atoms with E-state index in [1.807, 2.05) is 30.1 Å². The summed E-state index contributed by atoms with van der Waals surface area (Å²) in [4.78, 5) is 20.0. The number of anilines is 1. The molecule has 0 saturated carbocycles. The Morgan fingerprint density at radius 2 is 1.83 bits per heavy atom. The molecule has 1 N–H and O–H groups in total. The average molecular weight is 480 g/mol. The molecule has 2 bridgehead atoms. The number of aromatic hydroxyl groups is 1. The van der Waals surface area contributed by atoms with Crippen LogP contribution in [0.2, 0.25) is 0 Å². The second-order valence-electron chi connectivity index (χ2n) is 9.75. The molecule has 180 valence electrons. The number of rotatable bonds is 3. The van der Waals surface area contributed by atoms with Crippen LogP contribution in [0.1, 0.15) is 28.8 Å². The zero-order valence-electron chi connectivity index (χ0n) is 19.8. The maximum atomic E-state index is 13.0. The van der Waals surface area contributed by atoms with Gasteiger partial charge in [-0.1, -0.05) is 18.2 Å². The van der Waals surface area contributed by atoms with Gasteiger partial charge in [-0.05, 0) is 60.4 Å². The van der Waals surface area contributed by atoms with Crippen LogP contribution in [0.25, 0.3) is 28.2 Å². The first kappa shape index (κ1) is 21.2. The van der Waals surface area contributed by atoms with E-state index in [4.69, 9.17) is 9.47 Å². The van der Waals surface area contributed by atoms with Crippen molar-refractivity contribution in [2.24, 2.45) is 7.05 Å². The number of hydrogen-bond donors (Lipinski definition) is 1. The van der Waals surface area contributed by atoms with Crippen LogP contribution >= 0.6 is 0 Å². The molecule has 7 heteroatoms. The summed E-state index contributed by atoms with van der Waals surface area (Å²) in [7, 11) is 1.94. The zero-order valence-corrected chi connectivity index (χ0v) is 19.8. The molecule has 2 fully saturated rings. The SMILES string of the molecule is Cn1cc(/C=C2\Oc3cccc(O)c3C2=O)c2c(-c3ccc(N4CC5CCC(C4)O5)cc3)ccnc21. The fraction of sp³-hybridized carbons (Fsp3) is 0.241. The first-order valence-electron chi connectivity index (χ1n) is 12.3. The number of allylic oxidation sites excluding steroid dienone is 1. The average Bonchev–Trinajstić information content (AvgIpc) is 3.52. The Morgan fingerprint density at radius 3 is 2.58 bits per heavy atom. The minimum atomic E-state index is -0.325. The van der Waals surface area contributed by atoms with Gasteiger partial charge in [0.15, 0.2) is 5.76 Å². The molecule has 3 aliphatic rings. The molecule has 0 radical (unpaired) electrons. The molecule has 7 rings (SSSR count). The Hall–Kier alpha value is -4.10. The smallest absolute Gasteiger partial charge is 0.235 e. The summed E-state index contributed by atoms with van der Waals surface area (Å²) >= 11 is 0. The maximum Gasteiger partial charge on any atom is 0.235 e. The van der Waals surface area contributed by atoms with Crippen molar-refractivity contribution in [2.75, 3.05) is 18.0 Å². The van der Waals surface area contributed by atoms with E-state index in [2.05, 4.69) is 34.1 Å². The monoisotopic (exact) mass is 479 g/mol. The van der Waals surface area contributed by atoms with E-state index < -0.39 is 0 Å². The molecule has 3 aliphatic heterocycles. The highest BCUT2D eigenvalue weighted by atomic mass is 16.5. The molecular weight excluding hydrogens is 454 g/mol. The Kier molecular flexibility index (Phi) is 4.69. The van der Waals surface area contributed by atoms with E-state index in [1.54, 1.807) is 18.2 Å². The van der Waals surface area contributed by atoms with Gasteiger partial charge in [0.25, 0.3) is 0 Å². The summed E-state index contributed by atoms with van der Waals surface area (Å²) in [6.07, 6.45) is 8.49. The first-order chi connectivity index (χ1) is 17.5. The predicted octanol–water partition coefficient (Wildman–Crippen LogP) is 4.93. The third kappa shape index (κ3) is 3.31. The van der Waals surface area contributed by atoms with Gasteiger partial charge in [0.05, 0.1) is 12.2 Å². The number of hydrogen-bond acceptors (Lipinski definition) is 6. The summed E-state index contributed by atoms with van der Waals surface area (Å²) in [6.45, 7) is 1.88. The minimum absolute atomic E-state index is 0.0745. The highest BCUT2D eigenvalue weighted by Gasteiger charge is 2.34. The fourth-order valence-electron chi connectivity index (χ4n) is 5.72. The van der Waals surface area contributed by atoms with Crippen molar-refractivity contribution < 1.29 is 19.4 Å². The second-order valence-corrected chi connectivity index (χ2v) is 9.75. The molecule has 0 spiro atoms. The molecule has 2 atom stereocenters. The van der Waals surface area contributed by atoms with Crippen LogP contribution in [0.15, 0.2) is 66.7 Å². The quantitative estimate of drug-likeness (QED) is 0.420. The third-order valence-corrected chi connectivity index (χ3v) is 7.44. The number of benzene rings is 2. The lowest BCUT2D eigenvalue weighted by atomic mass is 10.00. The molecule has 5 heterocycles. The molecule has 2 saturated heterocycles. The van der Waals surface area contributed by atoms with Gasteiger partial charge in [-0.25, -0.2) is 4.98 Å². The van der Waals surface area contributed by atoms with E-state index in [0.29, 0.717) is 18.0 Å². The van der Waals surface area contributed by atoms with Crippen molar-refractivity contribution >= 4 is 28.6 Å². The Bertz CT molecular complexity index is 1540. The van der Waals surface area contributed by atoms with Crippen molar-refractivity contribution in [3.63, 3.8) is 0 Å². The number of aromatic nitrogens is 2. The van der Waals surface area contributed by atoms with Gasteiger partial charge < -0.3 is 24.0 Å². The number of ether oxygens (including phenoxy) is 2. The topological polar surface area (TPSA) is 76.8 Å². The van der Waals surface area contributed by atoms with E-state index in [1.165, 1.54) is 11.8 Å². The Labute approximate surface area is 208 Å². The summed E-state index contributed by atoms with van der Waals surface area (Å²) in [6, 6.07) is 15.5. The van der Waals surface area contributed by atoms with Gasteiger partial charge in [-0.15, -0.1) is 0 Å². The summed E-state index contributed by atoms with van der Waals surface area (Å²) in [5.41, 5.74) is 5.18. The number of phenols is 1. The minimum Gasteiger partial charge on any atom is -0.507 e. The van der Waals surface area contributed by atoms with Gasteiger partial charge in [0.1, 0.15) is 22.7 Å². The lowest BCUT2D eigenvalue weighted by Crippen LogP contribution is -2.42. The van der Waals surface area contributed by atoms with Crippen LogP contribution in [0.3, 0.4) is 0 Å². The molecule has 0 amide bonds. The molecule has 2 aromatic heterocycles. The van der Waals surface area contributed by atoms with E-state index in [-0.39, 0.29) is 22.9 Å². The number of nitrogens with zero attached hydrogens (tertiary/aromatic N) is 3. The van der Waals surface area contributed by atoms with Crippen molar-refractivity contribution in [3.05, 3.63) is 77.8 Å². The lowest BCUT2D eigenvalue weighted by molar-refractivity contribution is 0.0305. The summed E-state index contributed by atoms with van der Waals surface area (Å²) in [5.74, 6) is 0.159. The van der Waals surface area contributed by atoms with Crippen molar-refractivity contribution in [2.45, 2.75) is 25.0 Å². The molecular formula is C29H25N3O4. The maximum absolute atomic E-state index is 13.0. The standard InChI is InChI=1S/C29H25N3O4/c1-31-14-18(13-25-28(34)27-23(33)3-2-4-24(27)36-25)26-22(11-12-30-29(26)31)17-5-7-19(8-6-17)32-15-20-9-10-21(16-32)35-20/h2-8,11-14,20-21,33H,9-10,15-16H2,1H3/b25-13-. The van der Waals surface area contributed by atoms with E-state index in [0.717, 1.165) is 53.7 Å². The van der Waals surface area contributed by atoms with Crippen LogP contribution in [0.5, 0.6) is 11.5 Å². The molecule has 2 aromatic carbocycles. The fourth-order valence-corrected chi connectivity index (χ4v) is 5.72. The zero-order chi connectivity index (χ0) is 24.4. The number of pyridine rings is 1. The summed E-state index contributed by atoms with van der Waals surface area (Å²) < 4.78 is 13.8. The number of carbonyl (C=O) groups excluding carboxylic acids is 1. The van der Waals surface area contributed by atoms with Gasteiger partial charge >= 0.3 is 0 Å². The number of Topliss-reactive ketones (excluding diaryl/α,β-unsaturated/α-hetero) is 1. The number of ketones is 1. The molecule has 4 aromatic rings. The normalized spacial score (nSPS) is 21.9. The molecule has 7 nitrogen and oxygen atoms in total. The van der Waals surface area contributed by atoms with Gasteiger partial charge in [-0.3, -0.25) is 4.79 Å². The van der Waals surface area contributed by atoms with E-state index in [9.17, 15) is 9.90 Å². The number of phenolic OH excluding ortho intramolecular Hbond substituents is 1. The van der Waals surface area contributed by atoms with Crippen LogP contribution < -0.4 is 9.64 Å². The van der Waals surface area contributed by atoms with Crippen molar-refractivity contribution in [1.82, 2.24) is 9.55 Å². The number of fused-ring (bicyclic) bond motifs is 4. The van der Waals surface area contributed by atoms with Crippen LogP contribution in [-0.4, -0.2) is 45.7 Å². The van der Waals surface area contributed by atoms with Crippen LogP contribution in [0.4, 0.5) is 5.69 Å². The molecule has 0 aliphatic carbocycles. The molecule has 2 unspecified atom stereocenters. The highest BCUT2D eigenvalue weighted by molar-refractivity contribution is 6.17. The molecule has 36 heavy (non-hydrogen) atoms. The Balaban J connectivity index is 1.27. The number of aryl methyl sites for hydroxylation is 1. The number of carbonyl (C=O) groups is 1. The van der Waals surface area contributed by atoms with Crippen molar-refractivity contribution in [3.8, 4) is 22.6 Å². The Morgan fingerprint density at radius 1 is 1.06 bits per heavy atom. The van der Waals surface area contributed by atoms with Gasteiger partial charge in [-0.2, -0.15) is 0 Å². The first-order valence-corrected chi connectivity index (χ1v) is 12.3. The van der Waals surface area contributed by atoms with Gasteiger partial charge in [0, 0.05) is 49.2 Å². The highest BCUT2D eigenvalue weighted by Crippen LogP contribution is 2.39. The predicted molar refractivity (Wildman–Crippen MR) is 137 cm³/mol. The summed E-state index contributed by atoms with van der Waals surface area (Å²) in [5, 5.41) is 11.1. The van der Waals surface area contributed by atoms with Gasteiger partial charge in [0.2, 0.25) is 5.78 Å². The van der Waals surface area contributed by atoms with Crippen LogP contribution in [-0.2, 0) is 11.8 Å². The largest absolute Gasteiger partial charge is 0.507 e. The lowest BCUT2D eigenvalue weighted by Gasteiger charge is -2.34. The van der Waals surface area contributed by atoms with E-state index >= 15 is 0 Å². The van der Waals surface area contributed by atoms with Crippen LogP contribution in [0, 0.1) is 0 Å². The van der Waals surface area contributed by atoms with Crippen molar-refractivity contribution in [1.29, 1.82) is 0 Å². The third-order valence-electron chi connectivity index (χ3n) is 7.44.